The van der Waals surface area contributed by atoms with Crippen molar-refractivity contribution in [2.45, 2.75) is 6.42 Å². The predicted molar refractivity (Wildman–Crippen MR) is 70.1 cm³/mol. The number of aromatic carboxylic acids is 1. The number of carboxylic acid groups (broad SMARTS) is 1. The van der Waals surface area contributed by atoms with E-state index in [2.05, 4.69) is 5.32 Å². The van der Waals surface area contributed by atoms with Crippen molar-refractivity contribution in [2.24, 2.45) is 0 Å². The monoisotopic (exact) mass is 277 g/mol. The van der Waals surface area contributed by atoms with E-state index < -0.39 is 5.97 Å². The lowest BCUT2D eigenvalue weighted by Crippen LogP contribution is -2.30. The molecule has 0 radical (unpaired) electrons. The molecule has 1 aliphatic rings. The van der Waals surface area contributed by atoms with Gasteiger partial charge in [-0.1, -0.05) is 12.1 Å². The Morgan fingerprint density at radius 3 is 2.55 bits per heavy atom. The number of carbonyl (C=O) groups excluding carboxylic acids is 1. The second-order valence-electron chi connectivity index (χ2n) is 4.21. The van der Waals surface area contributed by atoms with Gasteiger partial charge in [0.15, 0.2) is 0 Å². The molecule has 20 heavy (non-hydrogen) atoms. The van der Waals surface area contributed by atoms with Crippen LogP contribution in [0.1, 0.15) is 15.9 Å². The van der Waals surface area contributed by atoms with E-state index >= 15 is 0 Å². The number of carboxylic acids is 1. The molecule has 0 unspecified atom stereocenters. The third-order valence-electron chi connectivity index (χ3n) is 2.77. The first kappa shape index (κ1) is 13.9. The van der Waals surface area contributed by atoms with Crippen LogP contribution >= 0.6 is 0 Å². The van der Waals surface area contributed by atoms with Gasteiger partial charge in [0.25, 0.3) is 5.91 Å². The first-order chi connectivity index (χ1) is 9.66. The minimum atomic E-state index is -0.953. The molecule has 0 aromatic heterocycles. The van der Waals surface area contributed by atoms with Crippen molar-refractivity contribution >= 4 is 11.9 Å². The van der Waals surface area contributed by atoms with Crippen molar-refractivity contribution in [3.63, 3.8) is 0 Å². The van der Waals surface area contributed by atoms with Crippen molar-refractivity contribution in [2.75, 3.05) is 19.8 Å². The molecular formula is C14H15NO5. The van der Waals surface area contributed by atoms with Crippen LogP contribution in [-0.4, -0.2) is 36.7 Å². The lowest BCUT2D eigenvalue weighted by molar-refractivity contribution is -0.122. The predicted octanol–water partition coefficient (Wildman–Crippen LogP) is 0.932. The lowest BCUT2D eigenvalue weighted by Gasteiger charge is -2.14. The third-order valence-corrected chi connectivity index (χ3v) is 2.77. The molecule has 1 amide bonds. The zero-order chi connectivity index (χ0) is 14.4. The highest BCUT2D eigenvalue weighted by Crippen LogP contribution is 2.06. The summed E-state index contributed by atoms with van der Waals surface area (Å²) in [5.41, 5.74) is 1.20. The van der Waals surface area contributed by atoms with E-state index in [1.165, 1.54) is 6.26 Å². The summed E-state index contributed by atoms with van der Waals surface area (Å²) in [4.78, 5) is 22.4. The molecule has 6 heteroatoms. The standard InChI is InChI=1S/C14H15NO5/c16-13(12-9-19-7-8-20-12)15-6-5-10-1-3-11(4-2-10)14(17)18/h1-4,9H,5-8H2,(H,15,16)(H,17,18). The molecule has 2 N–H and O–H groups in total. The van der Waals surface area contributed by atoms with Crippen LogP contribution in [-0.2, 0) is 20.7 Å². The number of nitrogens with one attached hydrogen (secondary N) is 1. The van der Waals surface area contributed by atoms with E-state index in [1.54, 1.807) is 24.3 Å². The topological polar surface area (TPSA) is 84.9 Å². The SMILES string of the molecule is O=C(NCCc1ccc(C(=O)O)cc1)C1=COCCO1. The van der Waals surface area contributed by atoms with Crippen LogP contribution < -0.4 is 5.32 Å². The van der Waals surface area contributed by atoms with Crippen LogP contribution in [0.2, 0.25) is 0 Å². The van der Waals surface area contributed by atoms with Gasteiger partial charge in [-0.15, -0.1) is 0 Å². The number of hydrogen-bond acceptors (Lipinski definition) is 4. The van der Waals surface area contributed by atoms with E-state index in [4.69, 9.17) is 14.6 Å². The zero-order valence-corrected chi connectivity index (χ0v) is 10.8. The largest absolute Gasteiger partial charge is 0.494 e. The van der Waals surface area contributed by atoms with Crippen molar-refractivity contribution in [3.8, 4) is 0 Å². The smallest absolute Gasteiger partial charge is 0.335 e. The molecule has 1 aromatic rings. The second-order valence-corrected chi connectivity index (χ2v) is 4.21. The molecule has 0 spiro atoms. The van der Waals surface area contributed by atoms with Crippen molar-refractivity contribution in [1.29, 1.82) is 0 Å². The fraction of sp³-hybridized carbons (Fsp3) is 0.286. The number of benzene rings is 1. The van der Waals surface area contributed by atoms with Gasteiger partial charge >= 0.3 is 5.97 Å². The molecule has 6 nitrogen and oxygen atoms in total. The quantitative estimate of drug-likeness (QED) is 0.836. The van der Waals surface area contributed by atoms with Gasteiger partial charge < -0.3 is 19.9 Å². The normalized spacial score (nSPS) is 13.7. The molecule has 106 valence electrons. The second kappa shape index (κ2) is 6.60. The van der Waals surface area contributed by atoms with Crippen molar-refractivity contribution in [1.82, 2.24) is 5.32 Å². The Morgan fingerprint density at radius 1 is 1.20 bits per heavy atom. The third kappa shape index (κ3) is 3.74. The fourth-order valence-electron chi connectivity index (χ4n) is 1.71. The summed E-state index contributed by atoms with van der Waals surface area (Å²) in [5, 5.41) is 11.5. The van der Waals surface area contributed by atoms with Crippen LogP contribution in [0.5, 0.6) is 0 Å². The molecule has 0 saturated carbocycles. The zero-order valence-electron chi connectivity index (χ0n) is 10.8. The van der Waals surface area contributed by atoms with Gasteiger partial charge in [-0.3, -0.25) is 4.79 Å². The first-order valence-corrected chi connectivity index (χ1v) is 6.22. The molecule has 0 bridgehead atoms. The summed E-state index contributed by atoms with van der Waals surface area (Å²) in [6, 6.07) is 6.55. The maximum Gasteiger partial charge on any atom is 0.335 e. The Labute approximate surface area is 116 Å². The van der Waals surface area contributed by atoms with Crippen LogP contribution in [0.25, 0.3) is 0 Å². The molecule has 0 saturated heterocycles. The number of hydrogen-bond donors (Lipinski definition) is 2. The van der Waals surface area contributed by atoms with E-state index in [9.17, 15) is 9.59 Å². The van der Waals surface area contributed by atoms with Gasteiger partial charge in [0.2, 0.25) is 5.76 Å². The summed E-state index contributed by atoms with van der Waals surface area (Å²) in [7, 11) is 0. The van der Waals surface area contributed by atoms with Crippen LogP contribution in [0.15, 0.2) is 36.3 Å². The highest BCUT2D eigenvalue weighted by atomic mass is 16.6. The average Bonchev–Trinajstić information content (AvgIpc) is 2.48. The summed E-state index contributed by atoms with van der Waals surface area (Å²) in [6.45, 7) is 1.26. The summed E-state index contributed by atoms with van der Waals surface area (Å²) in [6.07, 6.45) is 1.92. The summed E-state index contributed by atoms with van der Waals surface area (Å²) < 4.78 is 10.1. The highest BCUT2D eigenvalue weighted by Gasteiger charge is 2.14. The van der Waals surface area contributed by atoms with Crippen molar-refractivity contribution in [3.05, 3.63) is 47.4 Å². The maximum absolute atomic E-state index is 11.7. The van der Waals surface area contributed by atoms with Crippen molar-refractivity contribution < 1.29 is 24.2 Å². The van der Waals surface area contributed by atoms with E-state index in [1.807, 2.05) is 0 Å². The van der Waals surface area contributed by atoms with Gasteiger partial charge in [0, 0.05) is 6.54 Å². The Hall–Kier alpha value is -2.50. The molecular weight excluding hydrogens is 262 g/mol. The van der Waals surface area contributed by atoms with E-state index in [0.717, 1.165) is 5.56 Å². The molecule has 1 aromatic carbocycles. The molecule has 0 atom stereocenters. The van der Waals surface area contributed by atoms with Gasteiger partial charge in [-0.2, -0.15) is 0 Å². The fourth-order valence-corrected chi connectivity index (χ4v) is 1.71. The lowest BCUT2D eigenvalue weighted by atomic mass is 10.1. The Kier molecular flexibility index (Phi) is 4.60. The Morgan fingerprint density at radius 2 is 1.95 bits per heavy atom. The van der Waals surface area contributed by atoms with Gasteiger partial charge in [0.05, 0.1) is 5.56 Å². The number of amides is 1. The van der Waals surface area contributed by atoms with Crippen LogP contribution in [0.3, 0.4) is 0 Å². The Bertz CT molecular complexity index is 521. The highest BCUT2D eigenvalue weighted by molar-refractivity contribution is 5.91. The van der Waals surface area contributed by atoms with Gasteiger partial charge in [-0.05, 0) is 24.1 Å². The molecule has 2 rings (SSSR count). The molecule has 1 aliphatic heterocycles. The maximum atomic E-state index is 11.7. The average molecular weight is 277 g/mol. The van der Waals surface area contributed by atoms with Crippen LogP contribution in [0, 0.1) is 0 Å². The molecule has 1 heterocycles. The molecule has 0 aliphatic carbocycles. The summed E-state index contributed by atoms with van der Waals surface area (Å²) in [5.74, 6) is -1.09. The van der Waals surface area contributed by atoms with E-state index in [0.29, 0.717) is 26.2 Å². The molecule has 0 fully saturated rings. The van der Waals surface area contributed by atoms with E-state index in [-0.39, 0.29) is 17.2 Å². The number of carbonyl (C=O) groups is 2. The summed E-state index contributed by atoms with van der Waals surface area (Å²) >= 11 is 0. The first-order valence-electron chi connectivity index (χ1n) is 6.22. The van der Waals surface area contributed by atoms with Gasteiger partial charge in [0.1, 0.15) is 19.5 Å². The van der Waals surface area contributed by atoms with Gasteiger partial charge in [-0.25, -0.2) is 4.79 Å². The Balaban J connectivity index is 1.79. The number of ether oxygens (including phenoxy) is 2. The van der Waals surface area contributed by atoms with Crippen LogP contribution in [0.4, 0.5) is 0 Å². The minimum absolute atomic E-state index is 0.178. The number of rotatable bonds is 5. The minimum Gasteiger partial charge on any atom is -0.494 e.